The number of hydrogen-bond acceptors (Lipinski definition) is 4. The molecule has 1 heterocycles. The molecule has 1 aromatic heterocycles. The molecule has 3 aromatic rings. The molecule has 0 bridgehead atoms. The van der Waals surface area contributed by atoms with Crippen LogP contribution in [-0.2, 0) is 6.54 Å². The predicted molar refractivity (Wildman–Crippen MR) is 75.0 cm³/mol. The van der Waals surface area contributed by atoms with E-state index in [0.717, 1.165) is 28.0 Å². The summed E-state index contributed by atoms with van der Waals surface area (Å²) in [7, 11) is 0. The van der Waals surface area contributed by atoms with Crippen LogP contribution in [-0.4, -0.2) is 10.1 Å². The van der Waals surface area contributed by atoms with Gasteiger partial charge in [0.2, 0.25) is 0 Å². The quantitative estimate of drug-likeness (QED) is 0.769. The molecule has 0 amide bonds. The van der Waals surface area contributed by atoms with Crippen molar-refractivity contribution in [3.05, 3.63) is 53.0 Å². The van der Waals surface area contributed by atoms with Gasteiger partial charge in [0, 0.05) is 12.2 Å². The smallest absolute Gasteiger partial charge is 0.187 e. The van der Waals surface area contributed by atoms with Crippen LogP contribution in [0, 0.1) is 11.6 Å². The first kappa shape index (κ1) is 12.8. The number of thiazole rings is 1. The highest BCUT2D eigenvalue weighted by Crippen LogP contribution is 2.24. The molecule has 0 aliphatic rings. The van der Waals surface area contributed by atoms with Crippen LogP contribution in [0.25, 0.3) is 10.2 Å². The third kappa shape index (κ3) is 2.42. The molecule has 6 heteroatoms. The number of aromatic nitrogens is 1. The Morgan fingerprint density at radius 3 is 2.65 bits per heavy atom. The molecular weight excluding hydrogens is 282 g/mol. The fraction of sp³-hybridized carbons (Fsp3) is 0.0714. The van der Waals surface area contributed by atoms with Crippen molar-refractivity contribution in [1.82, 2.24) is 4.98 Å². The zero-order valence-electron chi connectivity index (χ0n) is 10.2. The number of hydrogen-bond donors (Lipinski definition) is 2. The van der Waals surface area contributed by atoms with Crippen LogP contribution in [0.1, 0.15) is 5.56 Å². The zero-order chi connectivity index (χ0) is 14.1. The van der Waals surface area contributed by atoms with Gasteiger partial charge in [0.25, 0.3) is 0 Å². The molecule has 0 saturated carbocycles. The van der Waals surface area contributed by atoms with Crippen molar-refractivity contribution in [3.8, 4) is 5.75 Å². The first-order valence-electron chi connectivity index (χ1n) is 5.87. The molecule has 3 nitrogen and oxygen atoms in total. The van der Waals surface area contributed by atoms with E-state index in [2.05, 4.69) is 10.3 Å². The van der Waals surface area contributed by atoms with E-state index in [0.29, 0.717) is 5.56 Å². The monoisotopic (exact) mass is 292 g/mol. The first-order chi connectivity index (χ1) is 9.63. The number of benzene rings is 2. The highest BCUT2D eigenvalue weighted by molar-refractivity contribution is 7.16. The van der Waals surface area contributed by atoms with Gasteiger partial charge in [0.1, 0.15) is 0 Å². The molecule has 0 unspecified atom stereocenters. The maximum Gasteiger partial charge on any atom is 0.187 e. The molecule has 0 spiro atoms. The van der Waals surface area contributed by atoms with E-state index in [9.17, 15) is 8.78 Å². The van der Waals surface area contributed by atoms with Crippen LogP contribution >= 0.6 is 11.3 Å². The van der Waals surface area contributed by atoms with Crippen molar-refractivity contribution < 1.29 is 13.9 Å². The van der Waals surface area contributed by atoms with E-state index in [-0.39, 0.29) is 6.54 Å². The van der Waals surface area contributed by atoms with E-state index in [1.165, 1.54) is 11.3 Å². The molecule has 0 fully saturated rings. The summed E-state index contributed by atoms with van der Waals surface area (Å²) in [6, 6.07) is 7.88. The van der Waals surface area contributed by atoms with Gasteiger partial charge < -0.3 is 10.4 Å². The number of fused-ring (bicyclic) bond motifs is 1. The lowest BCUT2D eigenvalue weighted by Crippen LogP contribution is -2.00. The Morgan fingerprint density at radius 2 is 1.90 bits per heavy atom. The number of rotatable bonds is 3. The maximum absolute atomic E-state index is 13.2. The Hall–Kier alpha value is -2.21. The van der Waals surface area contributed by atoms with Gasteiger partial charge in [-0.3, -0.25) is 0 Å². The summed E-state index contributed by atoms with van der Waals surface area (Å²) in [6.07, 6.45) is 0. The molecule has 102 valence electrons. The third-order valence-electron chi connectivity index (χ3n) is 2.90. The summed E-state index contributed by atoms with van der Waals surface area (Å²) >= 11 is 1.53. The topological polar surface area (TPSA) is 45.1 Å². The second-order valence-corrected chi connectivity index (χ2v) is 5.18. The Balaban J connectivity index is 1.78. The van der Waals surface area contributed by atoms with Gasteiger partial charge in [-0.15, -0.1) is 11.3 Å². The predicted octanol–water partition coefficient (Wildman–Crippen LogP) is 3.89. The van der Waals surface area contributed by atoms with E-state index >= 15 is 0 Å². The summed E-state index contributed by atoms with van der Waals surface area (Å²) in [6.45, 7) is 0.262. The van der Waals surface area contributed by atoms with Crippen LogP contribution in [0.15, 0.2) is 35.8 Å². The first-order valence-corrected chi connectivity index (χ1v) is 6.75. The number of aromatic hydroxyl groups is 1. The normalized spacial score (nSPS) is 10.9. The van der Waals surface area contributed by atoms with Gasteiger partial charge in [-0.2, -0.15) is 0 Å². The summed E-state index contributed by atoms with van der Waals surface area (Å²) in [4.78, 5) is 4.17. The number of anilines is 1. The molecule has 0 saturated heterocycles. The highest BCUT2D eigenvalue weighted by atomic mass is 32.1. The molecule has 3 rings (SSSR count). The number of phenolic OH excluding ortho intramolecular Hbond substituents is 1. The van der Waals surface area contributed by atoms with E-state index in [4.69, 9.17) is 5.11 Å². The van der Waals surface area contributed by atoms with Crippen LogP contribution in [0.5, 0.6) is 5.75 Å². The number of nitrogens with zero attached hydrogens (tertiary/aromatic N) is 1. The second-order valence-electron chi connectivity index (χ2n) is 4.30. The minimum Gasteiger partial charge on any atom is -0.503 e. The number of halogens is 2. The van der Waals surface area contributed by atoms with Crippen LogP contribution in [0.2, 0.25) is 0 Å². The van der Waals surface area contributed by atoms with Gasteiger partial charge in [0.05, 0.1) is 15.7 Å². The molecule has 0 radical (unpaired) electrons. The average molecular weight is 292 g/mol. The van der Waals surface area contributed by atoms with Crippen LogP contribution in [0.4, 0.5) is 14.5 Å². The lowest BCUT2D eigenvalue weighted by Gasteiger charge is -2.08. The van der Waals surface area contributed by atoms with Crippen molar-refractivity contribution in [2.75, 3.05) is 5.32 Å². The minimum absolute atomic E-state index is 0.262. The number of phenols is 1. The summed E-state index contributed by atoms with van der Waals surface area (Å²) in [5, 5.41) is 12.1. The molecule has 0 atom stereocenters. The Kier molecular flexibility index (Phi) is 3.23. The van der Waals surface area contributed by atoms with Crippen molar-refractivity contribution in [3.63, 3.8) is 0 Å². The molecule has 0 aliphatic heterocycles. The highest BCUT2D eigenvalue weighted by Gasteiger charge is 2.09. The third-order valence-corrected chi connectivity index (χ3v) is 3.70. The van der Waals surface area contributed by atoms with Gasteiger partial charge in [-0.05, 0) is 35.9 Å². The zero-order valence-corrected chi connectivity index (χ0v) is 11.0. The van der Waals surface area contributed by atoms with Crippen molar-refractivity contribution in [2.24, 2.45) is 0 Å². The average Bonchev–Trinajstić information content (AvgIpc) is 2.89. The lowest BCUT2D eigenvalue weighted by atomic mass is 10.2. The Morgan fingerprint density at radius 1 is 1.15 bits per heavy atom. The fourth-order valence-electron chi connectivity index (χ4n) is 1.89. The molecular formula is C14H10F2N2OS. The van der Waals surface area contributed by atoms with Gasteiger partial charge in [-0.1, -0.05) is 0 Å². The molecule has 20 heavy (non-hydrogen) atoms. The second kappa shape index (κ2) is 5.05. The molecule has 2 aromatic carbocycles. The number of nitrogens with one attached hydrogen (secondary N) is 1. The molecule has 2 N–H and O–H groups in total. The van der Waals surface area contributed by atoms with Gasteiger partial charge in [-0.25, -0.2) is 13.8 Å². The Bertz CT molecular complexity index is 750. The summed E-state index contributed by atoms with van der Waals surface area (Å²) in [5.74, 6) is -2.86. The van der Waals surface area contributed by atoms with E-state index in [1.54, 1.807) is 5.51 Å². The summed E-state index contributed by atoms with van der Waals surface area (Å²) < 4.78 is 27.5. The maximum atomic E-state index is 13.2. The molecule has 0 aliphatic carbocycles. The van der Waals surface area contributed by atoms with Crippen molar-refractivity contribution in [1.29, 1.82) is 0 Å². The largest absolute Gasteiger partial charge is 0.503 e. The Labute approximate surface area is 117 Å². The van der Waals surface area contributed by atoms with E-state index < -0.39 is 17.4 Å². The fourth-order valence-corrected chi connectivity index (χ4v) is 2.61. The minimum atomic E-state index is -0.959. The van der Waals surface area contributed by atoms with Gasteiger partial charge in [0.15, 0.2) is 17.4 Å². The van der Waals surface area contributed by atoms with Crippen LogP contribution in [0.3, 0.4) is 0 Å². The van der Waals surface area contributed by atoms with Gasteiger partial charge >= 0.3 is 0 Å². The van der Waals surface area contributed by atoms with Crippen LogP contribution < -0.4 is 5.32 Å². The van der Waals surface area contributed by atoms with Crippen molar-refractivity contribution >= 4 is 27.2 Å². The SMILES string of the molecule is Oc1c(F)cc(CNc2ccc3ncsc3c2)cc1F. The lowest BCUT2D eigenvalue weighted by molar-refractivity contribution is 0.395. The van der Waals surface area contributed by atoms with E-state index in [1.807, 2.05) is 18.2 Å². The van der Waals surface area contributed by atoms with Crippen molar-refractivity contribution in [2.45, 2.75) is 6.54 Å². The standard InChI is InChI=1S/C14H10F2N2OS/c15-10-3-8(4-11(16)14(10)19)6-17-9-1-2-12-13(5-9)20-7-18-12/h1-5,7,17,19H,6H2. The summed E-state index contributed by atoms with van der Waals surface area (Å²) in [5.41, 5.74) is 3.94.